The van der Waals surface area contributed by atoms with Gasteiger partial charge in [0.15, 0.2) is 5.82 Å². The summed E-state index contributed by atoms with van der Waals surface area (Å²) in [5, 5.41) is 7.53. The van der Waals surface area contributed by atoms with E-state index in [0.29, 0.717) is 11.9 Å². The monoisotopic (exact) mass is 341 g/mol. The molecule has 2 heterocycles. The van der Waals surface area contributed by atoms with Gasteiger partial charge in [-0.15, -0.1) is 11.3 Å². The maximum atomic E-state index is 4.97. The zero-order valence-corrected chi connectivity index (χ0v) is 13.2. The van der Waals surface area contributed by atoms with Crippen molar-refractivity contribution in [1.82, 2.24) is 15.5 Å². The summed E-state index contributed by atoms with van der Waals surface area (Å²) >= 11 is 5.45. The van der Waals surface area contributed by atoms with Gasteiger partial charge in [0.25, 0.3) is 0 Å². The van der Waals surface area contributed by atoms with E-state index in [4.69, 9.17) is 4.52 Å². The first-order chi connectivity index (χ1) is 9.22. The van der Waals surface area contributed by atoms with E-state index in [1.54, 1.807) is 0 Å². The molecule has 3 rings (SSSR count). The van der Waals surface area contributed by atoms with Crippen LogP contribution in [0.2, 0.25) is 0 Å². The van der Waals surface area contributed by atoms with Crippen LogP contribution in [0, 0.1) is 6.92 Å². The van der Waals surface area contributed by atoms with Crippen molar-refractivity contribution in [2.45, 2.75) is 38.6 Å². The van der Waals surface area contributed by atoms with Gasteiger partial charge in [0, 0.05) is 30.8 Å². The highest BCUT2D eigenvalue weighted by Gasteiger charge is 2.22. The first kappa shape index (κ1) is 13.3. The Bertz CT molecular complexity index is 566. The van der Waals surface area contributed by atoms with E-state index in [9.17, 15) is 0 Å². The van der Waals surface area contributed by atoms with Gasteiger partial charge in [0.05, 0.1) is 3.79 Å². The molecule has 0 aliphatic heterocycles. The first-order valence-corrected chi connectivity index (χ1v) is 8.14. The molecule has 1 unspecified atom stereocenters. The number of rotatable bonds is 4. The van der Waals surface area contributed by atoms with Crippen LogP contribution in [0.5, 0.6) is 0 Å². The summed E-state index contributed by atoms with van der Waals surface area (Å²) < 4.78 is 6.21. The molecule has 6 heteroatoms. The van der Waals surface area contributed by atoms with Crippen molar-refractivity contribution in [3.8, 4) is 0 Å². The zero-order chi connectivity index (χ0) is 13.2. The lowest BCUT2D eigenvalue weighted by atomic mass is 9.94. The minimum absolute atomic E-state index is 0.472. The van der Waals surface area contributed by atoms with Crippen molar-refractivity contribution in [3.05, 3.63) is 32.0 Å². The Morgan fingerprint density at radius 2 is 2.47 bits per heavy atom. The first-order valence-electron chi connectivity index (χ1n) is 6.53. The van der Waals surface area contributed by atoms with Gasteiger partial charge in [-0.2, -0.15) is 4.98 Å². The molecule has 0 bridgehead atoms. The highest BCUT2D eigenvalue weighted by atomic mass is 79.9. The molecule has 0 saturated carbocycles. The summed E-state index contributed by atoms with van der Waals surface area (Å²) in [6, 6.07) is 2.73. The minimum atomic E-state index is 0.472. The van der Waals surface area contributed by atoms with Crippen molar-refractivity contribution in [3.63, 3.8) is 0 Å². The van der Waals surface area contributed by atoms with Gasteiger partial charge in [-0.1, -0.05) is 5.16 Å². The molecular weight excluding hydrogens is 326 g/mol. The van der Waals surface area contributed by atoms with E-state index in [-0.39, 0.29) is 0 Å². The van der Waals surface area contributed by atoms with Gasteiger partial charge < -0.3 is 9.84 Å². The van der Waals surface area contributed by atoms with Crippen LogP contribution >= 0.6 is 27.3 Å². The molecule has 0 saturated heterocycles. The average Bonchev–Trinajstić information content (AvgIpc) is 2.95. The smallest absolute Gasteiger partial charge is 0.223 e. The number of nitrogens with one attached hydrogen (secondary N) is 1. The largest absolute Gasteiger partial charge is 0.340 e. The average molecular weight is 342 g/mol. The van der Waals surface area contributed by atoms with Crippen LogP contribution in [0.15, 0.2) is 14.4 Å². The van der Waals surface area contributed by atoms with Gasteiger partial charge in [-0.05, 0) is 46.8 Å². The predicted octanol–water partition coefficient (Wildman–Crippen LogP) is 3.41. The summed E-state index contributed by atoms with van der Waals surface area (Å²) in [4.78, 5) is 5.74. The standard InChI is InChI=1S/C13H16BrN3OS/c1-8-16-13(17-18-8)5-6-15-10-3-2-4-11-9(10)7-12(14)19-11/h7,10,15H,2-6H2,1H3. The van der Waals surface area contributed by atoms with Crippen LogP contribution in [0.25, 0.3) is 0 Å². The second kappa shape index (κ2) is 5.73. The molecule has 1 N–H and O–H groups in total. The lowest BCUT2D eigenvalue weighted by molar-refractivity contribution is 0.385. The number of hydrogen-bond acceptors (Lipinski definition) is 5. The Kier molecular flexibility index (Phi) is 4.00. The Morgan fingerprint density at radius 1 is 1.58 bits per heavy atom. The van der Waals surface area contributed by atoms with Gasteiger partial charge in [-0.3, -0.25) is 0 Å². The number of fused-ring (bicyclic) bond motifs is 1. The Labute approximate surface area is 124 Å². The SMILES string of the molecule is Cc1nc(CCNC2CCCc3sc(Br)cc32)no1. The maximum Gasteiger partial charge on any atom is 0.223 e. The van der Waals surface area contributed by atoms with Crippen molar-refractivity contribution in [2.75, 3.05) is 6.54 Å². The highest BCUT2D eigenvalue weighted by Crippen LogP contribution is 2.37. The third-order valence-electron chi connectivity index (χ3n) is 3.39. The van der Waals surface area contributed by atoms with Crippen molar-refractivity contribution in [1.29, 1.82) is 0 Å². The van der Waals surface area contributed by atoms with Crippen LogP contribution in [-0.4, -0.2) is 16.7 Å². The molecule has 0 fully saturated rings. The van der Waals surface area contributed by atoms with E-state index in [0.717, 1.165) is 18.8 Å². The Hall–Kier alpha value is -0.720. The third kappa shape index (κ3) is 3.07. The molecule has 19 heavy (non-hydrogen) atoms. The number of nitrogens with zero attached hydrogens (tertiary/aromatic N) is 2. The number of aromatic nitrogens is 2. The van der Waals surface area contributed by atoms with Gasteiger partial charge in [0.1, 0.15) is 0 Å². The normalized spacial score (nSPS) is 18.5. The number of aryl methyl sites for hydroxylation is 2. The molecule has 0 spiro atoms. The number of halogens is 1. The molecule has 1 aliphatic rings. The zero-order valence-electron chi connectivity index (χ0n) is 10.8. The summed E-state index contributed by atoms with van der Waals surface area (Å²) in [6.07, 6.45) is 4.50. The molecule has 0 radical (unpaired) electrons. The van der Waals surface area contributed by atoms with Crippen LogP contribution < -0.4 is 5.32 Å². The van der Waals surface area contributed by atoms with E-state index < -0.39 is 0 Å². The molecule has 2 aromatic rings. The molecule has 102 valence electrons. The van der Waals surface area contributed by atoms with Crippen LogP contribution in [-0.2, 0) is 12.8 Å². The van der Waals surface area contributed by atoms with E-state index >= 15 is 0 Å². The van der Waals surface area contributed by atoms with Crippen LogP contribution in [0.4, 0.5) is 0 Å². The quantitative estimate of drug-likeness (QED) is 0.925. The van der Waals surface area contributed by atoms with Crippen molar-refractivity contribution in [2.24, 2.45) is 0 Å². The van der Waals surface area contributed by atoms with E-state index in [1.807, 2.05) is 18.3 Å². The number of hydrogen-bond donors (Lipinski definition) is 1. The highest BCUT2D eigenvalue weighted by molar-refractivity contribution is 9.11. The molecule has 4 nitrogen and oxygen atoms in total. The lowest BCUT2D eigenvalue weighted by Crippen LogP contribution is -2.26. The summed E-state index contributed by atoms with van der Waals surface area (Å²) in [6.45, 7) is 2.71. The van der Waals surface area contributed by atoms with Gasteiger partial charge in [-0.25, -0.2) is 0 Å². The minimum Gasteiger partial charge on any atom is -0.340 e. The Balaban J connectivity index is 1.59. The summed E-state index contributed by atoms with van der Waals surface area (Å²) in [5.41, 5.74) is 1.47. The van der Waals surface area contributed by atoms with E-state index in [1.165, 1.54) is 33.5 Å². The molecule has 0 amide bonds. The summed E-state index contributed by atoms with van der Waals surface area (Å²) in [7, 11) is 0. The van der Waals surface area contributed by atoms with Crippen molar-refractivity contribution < 1.29 is 4.52 Å². The Morgan fingerprint density at radius 3 is 3.26 bits per heavy atom. The fourth-order valence-corrected chi connectivity index (χ4v) is 4.35. The van der Waals surface area contributed by atoms with E-state index in [2.05, 4.69) is 37.5 Å². The van der Waals surface area contributed by atoms with Gasteiger partial charge in [0.2, 0.25) is 5.89 Å². The van der Waals surface area contributed by atoms with Gasteiger partial charge >= 0.3 is 0 Å². The fourth-order valence-electron chi connectivity index (χ4n) is 2.53. The molecule has 0 aromatic carbocycles. The third-order valence-corrected chi connectivity index (χ3v) is 5.11. The topological polar surface area (TPSA) is 51.0 Å². The number of thiophene rings is 1. The molecule has 2 aromatic heterocycles. The second-order valence-electron chi connectivity index (χ2n) is 4.81. The van der Waals surface area contributed by atoms with Crippen molar-refractivity contribution >= 4 is 27.3 Å². The fraction of sp³-hybridized carbons (Fsp3) is 0.538. The second-order valence-corrected chi connectivity index (χ2v) is 7.32. The molecular formula is C13H16BrN3OS. The lowest BCUT2D eigenvalue weighted by Gasteiger charge is -2.23. The molecule has 1 atom stereocenters. The predicted molar refractivity (Wildman–Crippen MR) is 78.4 cm³/mol. The molecule has 1 aliphatic carbocycles. The maximum absolute atomic E-state index is 4.97. The van der Waals surface area contributed by atoms with Crippen LogP contribution in [0.3, 0.4) is 0 Å². The van der Waals surface area contributed by atoms with Crippen LogP contribution in [0.1, 0.15) is 41.0 Å². The summed E-state index contributed by atoms with van der Waals surface area (Å²) in [5.74, 6) is 1.42.